The van der Waals surface area contributed by atoms with Crippen LogP contribution in [0.15, 0.2) is 85.1 Å². The third kappa shape index (κ3) is 8.95. The molecule has 0 spiro atoms. The van der Waals surface area contributed by atoms with Gasteiger partial charge in [0.05, 0.1) is 6.04 Å². The molecule has 5 unspecified atom stereocenters. The van der Waals surface area contributed by atoms with Gasteiger partial charge >= 0.3 is 5.97 Å². The molecular weight excluding hydrogens is 586 g/mol. The van der Waals surface area contributed by atoms with E-state index in [1.54, 1.807) is 49.5 Å². The van der Waals surface area contributed by atoms with Crippen LogP contribution in [0.5, 0.6) is 5.75 Å². The number of para-hydroxylation sites is 1. The fourth-order valence-corrected chi connectivity index (χ4v) is 5.25. The number of amides is 3. The van der Waals surface area contributed by atoms with Crippen LogP contribution in [0, 0.1) is 5.92 Å². The Morgan fingerprint density at radius 1 is 0.761 bits per heavy atom. The summed E-state index contributed by atoms with van der Waals surface area (Å²) in [7, 11) is 0. The number of hydrogen-bond acceptors (Lipinski definition) is 6. The summed E-state index contributed by atoms with van der Waals surface area (Å²) in [5.74, 6) is -3.26. The molecule has 3 amide bonds. The summed E-state index contributed by atoms with van der Waals surface area (Å²) >= 11 is 0. The van der Waals surface area contributed by atoms with Crippen LogP contribution in [0.3, 0.4) is 0 Å². The van der Waals surface area contributed by atoms with Crippen molar-refractivity contribution in [3.8, 4) is 5.75 Å². The monoisotopic (exact) mass is 627 g/mol. The highest BCUT2D eigenvalue weighted by Gasteiger charge is 2.33. The topological polar surface area (TPSA) is 187 Å². The molecule has 242 valence electrons. The SMILES string of the molecule is CCC(C)C(NC(=O)C(Cc1c[nH]c2ccccc12)NC(=O)C(N)Cc1ccc(O)cc1)C(=O)NC(Cc1ccccc1)C(=O)O. The lowest BCUT2D eigenvalue weighted by Crippen LogP contribution is -2.59. The number of aromatic amines is 1. The van der Waals surface area contributed by atoms with E-state index in [0.29, 0.717) is 6.42 Å². The van der Waals surface area contributed by atoms with Crippen molar-refractivity contribution in [3.05, 3.63) is 102 Å². The maximum atomic E-state index is 13.9. The zero-order valence-corrected chi connectivity index (χ0v) is 25.9. The molecule has 1 heterocycles. The Balaban J connectivity index is 1.54. The minimum Gasteiger partial charge on any atom is -0.508 e. The van der Waals surface area contributed by atoms with Crippen molar-refractivity contribution < 1.29 is 29.4 Å². The molecule has 0 aliphatic rings. The maximum absolute atomic E-state index is 13.9. The molecule has 1 aromatic heterocycles. The second-order valence-corrected chi connectivity index (χ2v) is 11.6. The summed E-state index contributed by atoms with van der Waals surface area (Å²) < 4.78 is 0. The molecule has 8 N–H and O–H groups in total. The molecule has 3 aromatic carbocycles. The number of carbonyl (C=O) groups excluding carboxylic acids is 3. The number of carbonyl (C=O) groups is 4. The van der Waals surface area contributed by atoms with Gasteiger partial charge in [-0.1, -0.05) is 80.9 Å². The van der Waals surface area contributed by atoms with Crippen LogP contribution in [-0.2, 0) is 38.4 Å². The van der Waals surface area contributed by atoms with Gasteiger partial charge in [-0.3, -0.25) is 14.4 Å². The number of H-pyrrole nitrogens is 1. The van der Waals surface area contributed by atoms with Crippen LogP contribution in [0.4, 0.5) is 0 Å². The van der Waals surface area contributed by atoms with Gasteiger partial charge in [0.15, 0.2) is 0 Å². The van der Waals surface area contributed by atoms with Crippen LogP contribution in [-0.4, -0.2) is 63.1 Å². The number of aromatic hydroxyl groups is 1. The Kier molecular flexibility index (Phi) is 11.5. The molecule has 5 atom stereocenters. The fraction of sp³-hybridized carbons (Fsp3) is 0.314. The zero-order valence-electron chi connectivity index (χ0n) is 25.9. The van der Waals surface area contributed by atoms with Gasteiger partial charge in [0.2, 0.25) is 17.7 Å². The molecule has 4 aromatic rings. The highest BCUT2D eigenvalue weighted by atomic mass is 16.4. The van der Waals surface area contributed by atoms with Crippen molar-refractivity contribution >= 4 is 34.6 Å². The Bertz CT molecular complexity index is 1640. The van der Waals surface area contributed by atoms with E-state index in [9.17, 15) is 29.4 Å². The number of nitrogens with one attached hydrogen (secondary N) is 4. The predicted octanol–water partition coefficient (Wildman–Crippen LogP) is 2.81. The summed E-state index contributed by atoms with van der Waals surface area (Å²) in [6.45, 7) is 3.65. The first kappa shape index (κ1) is 33.7. The first-order valence-electron chi connectivity index (χ1n) is 15.3. The number of benzene rings is 3. The molecule has 0 radical (unpaired) electrons. The van der Waals surface area contributed by atoms with Gasteiger partial charge in [0.25, 0.3) is 0 Å². The molecule has 0 saturated carbocycles. The predicted molar refractivity (Wildman–Crippen MR) is 175 cm³/mol. The number of fused-ring (bicyclic) bond motifs is 1. The van der Waals surface area contributed by atoms with Crippen LogP contribution >= 0.6 is 0 Å². The normalized spacial score (nSPS) is 14.4. The van der Waals surface area contributed by atoms with Crippen LogP contribution in [0.2, 0.25) is 0 Å². The first-order valence-corrected chi connectivity index (χ1v) is 15.3. The van der Waals surface area contributed by atoms with E-state index in [2.05, 4.69) is 20.9 Å². The molecule has 11 nitrogen and oxygen atoms in total. The molecule has 0 saturated heterocycles. The standard InChI is InChI=1S/C35H41N5O6/c1-3-21(2)31(34(44)39-30(35(45)46)18-22-9-5-4-6-10-22)40-33(43)29(19-24-20-37-28-12-8-7-11-26(24)28)38-32(42)27(36)17-23-13-15-25(41)16-14-23/h4-16,20-21,27,29-31,37,41H,3,17-19,36H2,1-2H3,(H,38,42)(H,39,44)(H,40,43)(H,45,46). The lowest BCUT2D eigenvalue weighted by atomic mass is 9.96. The maximum Gasteiger partial charge on any atom is 0.326 e. The van der Waals surface area contributed by atoms with E-state index < -0.39 is 47.9 Å². The van der Waals surface area contributed by atoms with Gasteiger partial charge in [-0.15, -0.1) is 0 Å². The molecule has 0 fully saturated rings. The van der Waals surface area contributed by atoms with Crippen LogP contribution < -0.4 is 21.7 Å². The molecule has 0 aliphatic carbocycles. The van der Waals surface area contributed by atoms with Crippen molar-refractivity contribution in [2.24, 2.45) is 11.7 Å². The smallest absolute Gasteiger partial charge is 0.326 e. The largest absolute Gasteiger partial charge is 0.508 e. The second-order valence-electron chi connectivity index (χ2n) is 11.6. The highest BCUT2D eigenvalue weighted by molar-refractivity contribution is 5.95. The summed E-state index contributed by atoms with van der Waals surface area (Å²) in [6.07, 6.45) is 2.64. The fourth-order valence-electron chi connectivity index (χ4n) is 5.25. The van der Waals surface area contributed by atoms with E-state index in [4.69, 9.17) is 5.73 Å². The van der Waals surface area contributed by atoms with E-state index in [-0.39, 0.29) is 30.9 Å². The quantitative estimate of drug-likeness (QED) is 0.106. The van der Waals surface area contributed by atoms with Crippen molar-refractivity contribution in [1.82, 2.24) is 20.9 Å². The number of carboxylic acids is 1. The molecule has 11 heteroatoms. The lowest BCUT2D eigenvalue weighted by molar-refractivity contribution is -0.142. The van der Waals surface area contributed by atoms with E-state index in [1.165, 1.54) is 12.1 Å². The van der Waals surface area contributed by atoms with E-state index >= 15 is 0 Å². The van der Waals surface area contributed by atoms with Crippen LogP contribution in [0.25, 0.3) is 10.9 Å². The van der Waals surface area contributed by atoms with E-state index in [1.807, 2.05) is 37.3 Å². The third-order valence-corrected chi connectivity index (χ3v) is 8.15. The molecule has 0 aliphatic heterocycles. The lowest BCUT2D eigenvalue weighted by Gasteiger charge is -2.28. The number of hydrogen-bond donors (Lipinski definition) is 7. The molecule has 4 rings (SSSR count). The number of carboxylic acid groups (broad SMARTS) is 1. The van der Waals surface area contributed by atoms with Gasteiger partial charge in [0.1, 0.15) is 23.9 Å². The van der Waals surface area contributed by atoms with Gasteiger partial charge < -0.3 is 36.9 Å². The second kappa shape index (κ2) is 15.7. The van der Waals surface area contributed by atoms with Crippen molar-refractivity contribution in [2.75, 3.05) is 0 Å². The minimum atomic E-state index is -1.21. The van der Waals surface area contributed by atoms with Crippen molar-refractivity contribution in [3.63, 3.8) is 0 Å². The number of aliphatic carboxylic acids is 1. The number of nitrogens with two attached hydrogens (primary N) is 1. The Morgan fingerprint density at radius 2 is 1.39 bits per heavy atom. The molecule has 0 bridgehead atoms. The van der Waals surface area contributed by atoms with Gasteiger partial charge in [-0.2, -0.15) is 0 Å². The highest BCUT2D eigenvalue weighted by Crippen LogP contribution is 2.20. The summed E-state index contributed by atoms with van der Waals surface area (Å²) in [6, 6.07) is 18.5. The zero-order chi connectivity index (χ0) is 33.2. The molecule has 46 heavy (non-hydrogen) atoms. The minimum absolute atomic E-state index is 0.0707. The number of phenolic OH excluding ortho intramolecular Hbond substituents is 1. The van der Waals surface area contributed by atoms with Crippen LogP contribution in [0.1, 0.15) is 37.0 Å². The molecular formula is C35H41N5O6. The summed E-state index contributed by atoms with van der Waals surface area (Å²) in [4.78, 5) is 56.0. The van der Waals surface area contributed by atoms with Gasteiger partial charge in [-0.05, 0) is 47.2 Å². The average molecular weight is 628 g/mol. The first-order chi connectivity index (χ1) is 22.0. The Labute approximate surface area is 267 Å². The van der Waals surface area contributed by atoms with Crippen molar-refractivity contribution in [1.29, 1.82) is 0 Å². The third-order valence-electron chi connectivity index (χ3n) is 8.15. The van der Waals surface area contributed by atoms with E-state index in [0.717, 1.165) is 27.6 Å². The van der Waals surface area contributed by atoms with Crippen molar-refractivity contribution in [2.45, 2.75) is 63.7 Å². The Hall–Kier alpha value is -5.16. The number of aromatic nitrogens is 1. The number of rotatable bonds is 15. The van der Waals surface area contributed by atoms with Gasteiger partial charge in [-0.25, -0.2) is 4.79 Å². The average Bonchev–Trinajstić information content (AvgIpc) is 3.46. The Morgan fingerprint density at radius 3 is 2.07 bits per heavy atom. The summed E-state index contributed by atoms with van der Waals surface area (Å²) in [5, 5.41) is 28.5. The summed E-state index contributed by atoms with van der Waals surface area (Å²) in [5.41, 5.74) is 9.35. The number of phenols is 1. The van der Waals surface area contributed by atoms with Gasteiger partial charge in [0, 0.05) is 29.9 Å².